The van der Waals surface area contributed by atoms with E-state index < -0.39 is 13.2 Å². The first-order valence-electron chi connectivity index (χ1n) is 5.50. The number of aliphatic hydroxyl groups is 1. The molecule has 0 aliphatic heterocycles. The predicted octanol–water partition coefficient (Wildman–Crippen LogP) is 2.60. The highest BCUT2D eigenvalue weighted by atomic mass is 31.2. The van der Waals surface area contributed by atoms with Crippen LogP contribution in [-0.4, -0.2) is 17.6 Å². The number of aliphatic hydroxyl groups excluding tert-OH is 1. The minimum Gasteiger partial charge on any atom is -0.382 e. The van der Waals surface area contributed by atoms with Crippen LogP contribution in [0.2, 0.25) is 0 Å². The third-order valence-electron chi connectivity index (χ3n) is 2.38. The molecule has 0 amide bonds. The predicted molar refractivity (Wildman–Crippen MR) is 66.2 cm³/mol. The van der Waals surface area contributed by atoms with Crippen LogP contribution in [0.5, 0.6) is 0 Å². The summed E-state index contributed by atoms with van der Waals surface area (Å²) in [5.74, 6) is -1.05. The molecule has 3 nitrogen and oxygen atoms in total. The van der Waals surface area contributed by atoms with Gasteiger partial charge in [0, 0.05) is 5.30 Å². The van der Waals surface area contributed by atoms with Crippen molar-refractivity contribution in [3.8, 4) is 0 Å². The second-order valence-corrected chi connectivity index (χ2v) is 6.51. The van der Waals surface area contributed by atoms with Crippen molar-refractivity contribution in [2.75, 3.05) is 6.61 Å². The molecule has 90 valence electrons. The van der Waals surface area contributed by atoms with E-state index in [0.717, 1.165) is 0 Å². The van der Waals surface area contributed by atoms with E-state index in [1.54, 1.807) is 31.2 Å². The molecule has 16 heavy (non-hydrogen) atoms. The normalized spacial score (nSPS) is 17.1. The number of benzene rings is 1. The Hall–Kier alpha value is -0.630. The van der Waals surface area contributed by atoms with Gasteiger partial charge in [-0.05, 0) is 25.0 Å². The molecular formula is C12H19O3P. The molecule has 0 fully saturated rings. The van der Waals surface area contributed by atoms with E-state index in [9.17, 15) is 9.67 Å². The van der Waals surface area contributed by atoms with Crippen molar-refractivity contribution in [2.45, 2.75) is 26.6 Å². The van der Waals surface area contributed by atoms with Crippen molar-refractivity contribution in [2.24, 2.45) is 5.92 Å². The lowest BCUT2D eigenvalue weighted by atomic mass is 10.2. The maximum Gasteiger partial charge on any atom is 0.259 e. The first-order chi connectivity index (χ1) is 7.52. The van der Waals surface area contributed by atoms with Crippen LogP contribution in [0, 0.1) is 5.92 Å². The van der Waals surface area contributed by atoms with Gasteiger partial charge in [0.05, 0.1) is 6.61 Å². The lowest BCUT2D eigenvalue weighted by Crippen LogP contribution is -2.23. The monoisotopic (exact) mass is 242 g/mol. The van der Waals surface area contributed by atoms with Crippen molar-refractivity contribution >= 4 is 12.7 Å². The van der Waals surface area contributed by atoms with Crippen molar-refractivity contribution < 1.29 is 14.2 Å². The van der Waals surface area contributed by atoms with Crippen LogP contribution in [0.15, 0.2) is 30.3 Å². The van der Waals surface area contributed by atoms with E-state index in [1.165, 1.54) is 0 Å². The lowest BCUT2D eigenvalue weighted by Gasteiger charge is -2.26. The second kappa shape index (κ2) is 5.62. The standard InChI is InChI=1S/C12H19O3P/c1-4-15-16(14,12(13)10(2)3)11-8-6-5-7-9-11/h5-10,12-13H,4H2,1-3H3/t12-,16?/m1/s1. The molecule has 4 heteroatoms. The second-order valence-electron chi connectivity index (χ2n) is 4.01. The molecular weight excluding hydrogens is 223 g/mol. The summed E-state index contributed by atoms with van der Waals surface area (Å²) < 4.78 is 18.0. The van der Waals surface area contributed by atoms with Crippen molar-refractivity contribution in [3.63, 3.8) is 0 Å². The molecule has 1 aromatic rings. The quantitative estimate of drug-likeness (QED) is 0.807. The first kappa shape index (κ1) is 13.4. The largest absolute Gasteiger partial charge is 0.382 e. The highest BCUT2D eigenvalue weighted by Crippen LogP contribution is 2.51. The van der Waals surface area contributed by atoms with E-state index in [4.69, 9.17) is 4.52 Å². The molecule has 1 unspecified atom stereocenters. The number of hydrogen-bond donors (Lipinski definition) is 1. The van der Waals surface area contributed by atoms with Gasteiger partial charge in [0.1, 0.15) is 5.85 Å². The van der Waals surface area contributed by atoms with Crippen LogP contribution in [0.25, 0.3) is 0 Å². The van der Waals surface area contributed by atoms with Gasteiger partial charge in [0.2, 0.25) is 0 Å². The van der Waals surface area contributed by atoms with E-state index in [-0.39, 0.29) is 5.92 Å². The molecule has 0 radical (unpaired) electrons. The fourth-order valence-corrected chi connectivity index (χ4v) is 3.89. The van der Waals surface area contributed by atoms with Crippen molar-refractivity contribution in [1.29, 1.82) is 0 Å². The minimum atomic E-state index is -3.16. The van der Waals surface area contributed by atoms with E-state index in [2.05, 4.69) is 0 Å². The maximum atomic E-state index is 12.7. The third-order valence-corrected chi connectivity index (χ3v) is 5.33. The molecule has 2 atom stereocenters. The molecule has 0 saturated heterocycles. The Morgan fingerprint density at radius 1 is 1.31 bits per heavy atom. The van der Waals surface area contributed by atoms with Crippen LogP contribution in [0.1, 0.15) is 20.8 Å². The van der Waals surface area contributed by atoms with Crippen molar-refractivity contribution in [1.82, 2.24) is 0 Å². The summed E-state index contributed by atoms with van der Waals surface area (Å²) in [5, 5.41) is 10.6. The van der Waals surface area contributed by atoms with Gasteiger partial charge >= 0.3 is 0 Å². The van der Waals surface area contributed by atoms with Crippen LogP contribution in [0.4, 0.5) is 0 Å². The Morgan fingerprint density at radius 3 is 2.31 bits per heavy atom. The van der Waals surface area contributed by atoms with E-state index in [1.807, 2.05) is 19.9 Å². The Balaban J connectivity index is 3.12. The molecule has 0 spiro atoms. The van der Waals surface area contributed by atoms with Crippen LogP contribution < -0.4 is 5.30 Å². The maximum absolute atomic E-state index is 12.7. The highest BCUT2D eigenvalue weighted by Gasteiger charge is 2.36. The van der Waals surface area contributed by atoms with Gasteiger partial charge in [0.25, 0.3) is 7.37 Å². The van der Waals surface area contributed by atoms with Gasteiger partial charge in [-0.1, -0.05) is 32.0 Å². The minimum absolute atomic E-state index is 0.0995. The molecule has 0 aliphatic rings. The molecule has 0 heterocycles. The summed E-state index contributed by atoms with van der Waals surface area (Å²) in [6.45, 7) is 5.77. The summed E-state index contributed by atoms with van der Waals surface area (Å²) in [5.41, 5.74) is 0. The lowest BCUT2D eigenvalue weighted by molar-refractivity contribution is 0.173. The van der Waals surface area contributed by atoms with Crippen LogP contribution in [-0.2, 0) is 9.09 Å². The Morgan fingerprint density at radius 2 is 1.88 bits per heavy atom. The topological polar surface area (TPSA) is 46.5 Å². The van der Waals surface area contributed by atoms with Crippen LogP contribution >= 0.6 is 7.37 Å². The molecule has 1 aromatic carbocycles. The van der Waals surface area contributed by atoms with Gasteiger partial charge in [-0.2, -0.15) is 0 Å². The number of rotatable bonds is 5. The van der Waals surface area contributed by atoms with Gasteiger partial charge in [-0.15, -0.1) is 0 Å². The Bertz CT molecular complexity index is 362. The molecule has 0 aromatic heterocycles. The van der Waals surface area contributed by atoms with Gasteiger partial charge in [0.15, 0.2) is 0 Å². The smallest absolute Gasteiger partial charge is 0.259 e. The van der Waals surface area contributed by atoms with Crippen LogP contribution in [0.3, 0.4) is 0 Å². The summed E-state index contributed by atoms with van der Waals surface area (Å²) >= 11 is 0. The highest BCUT2D eigenvalue weighted by molar-refractivity contribution is 7.67. The van der Waals surface area contributed by atoms with Gasteiger partial charge in [-0.25, -0.2) is 0 Å². The molecule has 0 saturated carbocycles. The van der Waals surface area contributed by atoms with Gasteiger partial charge < -0.3 is 9.63 Å². The summed E-state index contributed by atoms with van der Waals surface area (Å²) in [7, 11) is -3.16. The van der Waals surface area contributed by atoms with Crippen molar-refractivity contribution in [3.05, 3.63) is 30.3 Å². The number of hydrogen-bond acceptors (Lipinski definition) is 3. The average molecular weight is 242 g/mol. The first-order valence-corrected chi connectivity index (χ1v) is 7.19. The summed E-state index contributed by atoms with van der Waals surface area (Å²) in [6, 6.07) is 8.92. The zero-order chi connectivity index (χ0) is 12.2. The molecule has 1 N–H and O–H groups in total. The SMILES string of the molecule is CCOP(=O)(c1ccccc1)[C@@H](O)C(C)C. The molecule has 1 rings (SSSR count). The Kier molecular flexibility index (Phi) is 4.72. The third kappa shape index (κ3) is 2.73. The summed E-state index contributed by atoms with van der Waals surface area (Å²) in [4.78, 5) is 0. The zero-order valence-electron chi connectivity index (χ0n) is 9.96. The van der Waals surface area contributed by atoms with E-state index in [0.29, 0.717) is 11.9 Å². The summed E-state index contributed by atoms with van der Waals surface area (Å²) in [6.07, 6.45) is 0. The van der Waals surface area contributed by atoms with E-state index >= 15 is 0 Å². The molecule has 0 aliphatic carbocycles. The fourth-order valence-electron chi connectivity index (χ4n) is 1.52. The fraction of sp³-hybridized carbons (Fsp3) is 0.500. The van der Waals surface area contributed by atoms with Gasteiger partial charge in [-0.3, -0.25) is 4.57 Å². The molecule has 0 bridgehead atoms. The average Bonchev–Trinajstić information content (AvgIpc) is 2.29. The Labute approximate surface area is 96.9 Å². The zero-order valence-corrected chi connectivity index (χ0v) is 10.9.